The van der Waals surface area contributed by atoms with E-state index < -0.39 is 83.1 Å². The molecule has 0 aliphatic carbocycles. The number of anilines is 4. The maximum absolute atomic E-state index is 13.7. The van der Waals surface area contributed by atoms with Gasteiger partial charge in [0.05, 0.1) is 25.4 Å². The SMILES string of the molecule is COCCn1ccc(=O)c(O)c1N(CCCC(CCCN(C(=O)O)c1c(O)c(=O)ccn1CCOC)(CCCN(C(=O)O)c1c(O)c(=O)ccn1CCOC)N(C(=O)O)c1ccccc1)C(=O)O. The summed E-state index contributed by atoms with van der Waals surface area (Å²) in [7, 11) is 4.19. The quantitative estimate of drug-likeness (QED) is 0.0460. The molecule has 4 aromatic rings. The number of nitrogens with zero attached hydrogens (tertiary/aromatic N) is 7. The molecule has 0 atom stereocenters. The fourth-order valence-electron chi connectivity index (χ4n) is 8.07. The number of para-hydroxylation sites is 1. The molecular weight excluding hydrogens is 899 g/mol. The standard InChI is InChI=1S/C44H57N7O17/c1-66-27-24-45-21-12-31(52)34(55)37(45)48(40(58)59)18-7-15-44(51(43(64)65)30-10-5-4-6-11-30,16-8-19-49(41(60)61)38-35(56)32(53)13-22-46(38)25-28-67-2)17-9-20-50(42(62)63)39-36(57)33(54)14-23-47(39)26-29-68-3/h4-6,10-14,21-23,55-57H,7-9,15-20,24-29H2,1-3H3,(H,58,59)(H,60,61)(H,62,63)(H,64,65). The first-order chi connectivity index (χ1) is 32.4. The number of aromatic nitrogens is 3. The van der Waals surface area contributed by atoms with Crippen molar-refractivity contribution in [3.8, 4) is 17.2 Å². The lowest BCUT2D eigenvalue weighted by Gasteiger charge is -2.44. The molecule has 7 N–H and O–H groups in total. The van der Waals surface area contributed by atoms with Gasteiger partial charge in [-0.1, -0.05) is 18.2 Å². The molecule has 0 unspecified atom stereocenters. The smallest absolute Gasteiger partial charge is 0.413 e. The van der Waals surface area contributed by atoms with E-state index in [0.717, 1.165) is 37.8 Å². The summed E-state index contributed by atoms with van der Waals surface area (Å²) in [6.07, 6.45) is -3.66. The molecule has 4 rings (SSSR count). The lowest BCUT2D eigenvalue weighted by Crippen LogP contribution is -2.53. The number of methoxy groups -OCH3 is 3. The molecule has 0 fully saturated rings. The fourth-order valence-corrected chi connectivity index (χ4v) is 8.07. The van der Waals surface area contributed by atoms with Crippen molar-refractivity contribution >= 4 is 47.5 Å². The molecule has 370 valence electrons. The number of amides is 4. The van der Waals surface area contributed by atoms with Crippen LogP contribution < -0.4 is 35.9 Å². The third-order valence-electron chi connectivity index (χ3n) is 11.2. The molecular formula is C44H57N7O17. The van der Waals surface area contributed by atoms with E-state index in [2.05, 4.69) is 0 Å². The third kappa shape index (κ3) is 12.9. The highest BCUT2D eigenvalue weighted by atomic mass is 16.5. The maximum atomic E-state index is 13.7. The molecule has 0 saturated carbocycles. The van der Waals surface area contributed by atoms with Gasteiger partial charge in [-0.25, -0.2) is 19.2 Å². The molecule has 24 nitrogen and oxygen atoms in total. The van der Waals surface area contributed by atoms with Gasteiger partial charge in [-0.15, -0.1) is 0 Å². The second-order valence-corrected chi connectivity index (χ2v) is 15.4. The monoisotopic (exact) mass is 955 g/mol. The van der Waals surface area contributed by atoms with E-state index in [9.17, 15) is 69.3 Å². The first kappa shape index (κ1) is 53.0. The lowest BCUT2D eigenvalue weighted by atomic mass is 9.81. The van der Waals surface area contributed by atoms with Crippen LogP contribution in [0.15, 0.2) is 81.5 Å². The number of benzene rings is 1. The van der Waals surface area contributed by atoms with Crippen LogP contribution in [-0.2, 0) is 33.8 Å². The zero-order valence-corrected chi connectivity index (χ0v) is 37.8. The van der Waals surface area contributed by atoms with Crippen LogP contribution in [0.3, 0.4) is 0 Å². The van der Waals surface area contributed by atoms with Crippen LogP contribution in [0.25, 0.3) is 0 Å². The Morgan fingerprint density at radius 3 is 1.07 bits per heavy atom. The van der Waals surface area contributed by atoms with Gasteiger partial charge in [-0.05, 0) is 50.7 Å². The minimum atomic E-state index is -1.68. The summed E-state index contributed by atoms with van der Waals surface area (Å²) >= 11 is 0. The Balaban J connectivity index is 1.88. The van der Waals surface area contributed by atoms with E-state index in [1.807, 2.05) is 0 Å². The van der Waals surface area contributed by atoms with Crippen LogP contribution in [0.1, 0.15) is 38.5 Å². The third-order valence-corrected chi connectivity index (χ3v) is 11.2. The van der Waals surface area contributed by atoms with Gasteiger partial charge in [0, 0.05) is 103 Å². The molecule has 0 spiro atoms. The molecule has 0 aliphatic heterocycles. The Kier molecular flexibility index (Phi) is 19.4. The van der Waals surface area contributed by atoms with Gasteiger partial charge in [-0.2, -0.15) is 0 Å². The Labute approximate surface area is 388 Å². The normalized spacial score (nSPS) is 11.3. The molecule has 68 heavy (non-hydrogen) atoms. The second-order valence-electron chi connectivity index (χ2n) is 15.4. The molecule has 0 bridgehead atoms. The summed E-state index contributed by atoms with van der Waals surface area (Å²) in [5, 5.41) is 75.4. The Morgan fingerprint density at radius 2 is 0.809 bits per heavy atom. The average molecular weight is 956 g/mol. The summed E-state index contributed by atoms with van der Waals surface area (Å²) in [5.74, 6) is -3.79. The highest BCUT2D eigenvalue weighted by molar-refractivity contribution is 5.89. The van der Waals surface area contributed by atoms with E-state index in [1.165, 1.54) is 65.8 Å². The van der Waals surface area contributed by atoms with Crippen molar-refractivity contribution < 1.29 is 69.1 Å². The predicted octanol–water partition coefficient (Wildman–Crippen LogP) is 4.35. The number of aromatic hydroxyl groups is 3. The Morgan fingerprint density at radius 1 is 0.500 bits per heavy atom. The Bertz CT molecular complexity index is 2320. The summed E-state index contributed by atoms with van der Waals surface area (Å²) in [6.45, 7) is -1.11. The van der Waals surface area contributed by atoms with Crippen molar-refractivity contribution in [3.05, 3.63) is 97.8 Å². The van der Waals surface area contributed by atoms with Crippen molar-refractivity contribution in [3.63, 3.8) is 0 Å². The zero-order valence-electron chi connectivity index (χ0n) is 37.8. The highest BCUT2D eigenvalue weighted by Gasteiger charge is 2.41. The number of carbonyl (C=O) groups is 4. The van der Waals surface area contributed by atoms with E-state index in [-0.39, 0.29) is 101 Å². The van der Waals surface area contributed by atoms with E-state index in [0.29, 0.717) is 0 Å². The minimum absolute atomic E-state index is 0.0148. The average Bonchev–Trinajstić information content (AvgIpc) is 3.30. The van der Waals surface area contributed by atoms with Gasteiger partial charge in [0.1, 0.15) is 0 Å². The van der Waals surface area contributed by atoms with Gasteiger partial charge in [0.2, 0.25) is 33.5 Å². The van der Waals surface area contributed by atoms with Gasteiger partial charge >= 0.3 is 24.4 Å². The van der Waals surface area contributed by atoms with Crippen molar-refractivity contribution in [1.82, 2.24) is 13.7 Å². The lowest BCUT2D eigenvalue weighted by molar-refractivity contribution is 0.180. The fraction of sp³-hybridized carbons (Fsp3) is 0.432. The largest absolute Gasteiger partial charge is 0.502 e. The first-order valence-corrected chi connectivity index (χ1v) is 21.3. The zero-order chi connectivity index (χ0) is 50.1. The molecule has 0 radical (unpaired) electrons. The molecule has 24 heteroatoms. The van der Waals surface area contributed by atoms with Gasteiger partial charge in [0.25, 0.3) is 0 Å². The van der Waals surface area contributed by atoms with Crippen molar-refractivity contribution in [1.29, 1.82) is 0 Å². The van der Waals surface area contributed by atoms with Gasteiger partial charge in [-0.3, -0.25) is 34.0 Å². The maximum Gasteiger partial charge on any atom is 0.413 e. The van der Waals surface area contributed by atoms with Crippen LogP contribution in [-0.4, -0.2) is 140 Å². The van der Waals surface area contributed by atoms with Crippen molar-refractivity contribution in [2.75, 3.05) is 80.4 Å². The molecule has 1 aromatic carbocycles. The van der Waals surface area contributed by atoms with E-state index in [1.54, 1.807) is 18.2 Å². The Hall–Kier alpha value is -7.57. The van der Waals surface area contributed by atoms with E-state index in [4.69, 9.17) is 14.2 Å². The first-order valence-electron chi connectivity index (χ1n) is 21.3. The molecule has 0 saturated heterocycles. The van der Waals surface area contributed by atoms with Crippen LogP contribution >= 0.6 is 0 Å². The summed E-state index contributed by atoms with van der Waals surface area (Å²) < 4.78 is 19.3. The molecule has 0 aliphatic rings. The van der Waals surface area contributed by atoms with Crippen LogP contribution in [0, 0.1) is 0 Å². The molecule has 3 heterocycles. The van der Waals surface area contributed by atoms with Gasteiger partial charge < -0.3 is 63.7 Å². The molecule has 3 aromatic heterocycles. The number of ether oxygens (including phenoxy) is 3. The number of pyridine rings is 3. The van der Waals surface area contributed by atoms with Crippen LogP contribution in [0.5, 0.6) is 17.2 Å². The predicted molar refractivity (Wildman–Crippen MR) is 246 cm³/mol. The summed E-state index contributed by atoms with van der Waals surface area (Å²) in [4.78, 5) is 93.6. The van der Waals surface area contributed by atoms with Gasteiger partial charge in [0.15, 0.2) is 17.5 Å². The van der Waals surface area contributed by atoms with Crippen molar-refractivity contribution in [2.45, 2.75) is 63.7 Å². The second kappa shape index (κ2) is 24.8. The summed E-state index contributed by atoms with van der Waals surface area (Å²) in [6, 6.07) is 10.9. The van der Waals surface area contributed by atoms with Crippen LogP contribution in [0.2, 0.25) is 0 Å². The number of rotatable bonds is 26. The summed E-state index contributed by atoms with van der Waals surface area (Å²) in [5.41, 5.74) is -4.19. The number of hydrogen-bond donors (Lipinski definition) is 7. The number of carboxylic acid groups (broad SMARTS) is 4. The minimum Gasteiger partial charge on any atom is -0.502 e. The topological polar surface area (TPSA) is 317 Å². The van der Waals surface area contributed by atoms with Crippen molar-refractivity contribution in [2.24, 2.45) is 0 Å². The highest BCUT2D eigenvalue weighted by Crippen LogP contribution is 2.39. The van der Waals surface area contributed by atoms with E-state index >= 15 is 0 Å². The van der Waals surface area contributed by atoms with Crippen LogP contribution in [0.4, 0.5) is 42.3 Å². The number of hydrogen-bond acceptors (Lipinski definition) is 13. The molecule has 4 amide bonds.